The van der Waals surface area contributed by atoms with E-state index >= 15 is 0 Å². The molecular weight excluding hydrogens is 264 g/mol. The Morgan fingerprint density at radius 1 is 1.00 bits per heavy atom. The molecule has 0 bridgehead atoms. The maximum atomic E-state index is 11.9. The molecule has 0 aliphatic heterocycles. The van der Waals surface area contributed by atoms with Gasteiger partial charge >= 0.3 is 0 Å². The third-order valence-electron chi connectivity index (χ3n) is 2.52. The average Bonchev–Trinajstić information content (AvgIpc) is 2.39. The minimum Gasteiger partial charge on any atom is -0.392 e. The Labute approximate surface area is 112 Å². The number of rotatable bonds is 5. The fourth-order valence-electron chi connectivity index (χ4n) is 1.60. The molecule has 2 N–H and O–H groups in total. The molecule has 0 saturated carbocycles. The third-order valence-corrected chi connectivity index (χ3v) is 3.78. The van der Waals surface area contributed by atoms with Gasteiger partial charge in [-0.05, 0) is 23.3 Å². The standard InChI is InChI=1S/C13H14N2O3S/c16-9-11-1-3-12(4-2-11)10-19(17,18)15-13-5-7-14-8-6-13/h1-8,16H,9-10H2,(H,14,15). The second-order valence-electron chi connectivity index (χ2n) is 4.07. The Bertz CT molecular complexity index is 625. The van der Waals surface area contributed by atoms with Gasteiger partial charge in [-0.2, -0.15) is 0 Å². The van der Waals surface area contributed by atoms with E-state index in [1.54, 1.807) is 36.4 Å². The first kappa shape index (κ1) is 13.5. The van der Waals surface area contributed by atoms with Crippen molar-refractivity contribution in [2.24, 2.45) is 0 Å². The fourth-order valence-corrected chi connectivity index (χ4v) is 2.79. The van der Waals surface area contributed by atoms with Crippen molar-refractivity contribution in [2.75, 3.05) is 4.72 Å². The number of anilines is 1. The van der Waals surface area contributed by atoms with Crippen molar-refractivity contribution in [2.45, 2.75) is 12.4 Å². The van der Waals surface area contributed by atoms with E-state index in [4.69, 9.17) is 5.11 Å². The monoisotopic (exact) mass is 278 g/mol. The zero-order valence-corrected chi connectivity index (χ0v) is 11.0. The minimum absolute atomic E-state index is 0.0533. The Morgan fingerprint density at radius 2 is 1.58 bits per heavy atom. The molecule has 1 aromatic carbocycles. The van der Waals surface area contributed by atoms with Crippen molar-refractivity contribution >= 4 is 15.7 Å². The lowest BCUT2D eigenvalue weighted by atomic mass is 10.2. The smallest absolute Gasteiger partial charge is 0.236 e. The lowest BCUT2D eigenvalue weighted by molar-refractivity contribution is 0.282. The maximum Gasteiger partial charge on any atom is 0.236 e. The van der Waals surface area contributed by atoms with Crippen LogP contribution in [0.25, 0.3) is 0 Å². The van der Waals surface area contributed by atoms with Gasteiger partial charge in [0.15, 0.2) is 0 Å². The molecule has 2 aromatic rings. The summed E-state index contributed by atoms with van der Waals surface area (Å²) < 4.78 is 26.4. The van der Waals surface area contributed by atoms with E-state index < -0.39 is 10.0 Å². The van der Waals surface area contributed by atoms with Gasteiger partial charge in [0.25, 0.3) is 0 Å². The third kappa shape index (κ3) is 4.04. The summed E-state index contributed by atoms with van der Waals surface area (Å²) in [5.74, 6) is -0.110. The van der Waals surface area contributed by atoms with E-state index in [9.17, 15) is 8.42 Å². The number of aliphatic hydroxyl groups excluding tert-OH is 1. The molecule has 1 heterocycles. The van der Waals surface area contributed by atoms with Crippen LogP contribution in [0, 0.1) is 0 Å². The number of hydrogen-bond donors (Lipinski definition) is 2. The van der Waals surface area contributed by atoms with E-state index in [2.05, 4.69) is 9.71 Å². The zero-order chi connectivity index (χ0) is 13.7. The number of nitrogens with one attached hydrogen (secondary N) is 1. The summed E-state index contributed by atoms with van der Waals surface area (Å²) in [7, 11) is -3.45. The van der Waals surface area contributed by atoms with Crippen molar-refractivity contribution in [3.63, 3.8) is 0 Å². The lowest BCUT2D eigenvalue weighted by Crippen LogP contribution is -2.15. The molecule has 6 heteroatoms. The topological polar surface area (TPSA) is 79.3 Å². The van der Waals surface area contributed by atoms with E-state index in [0.717, 1.165) is 5.56 Å². The molecule has 19 heavy (non-hydrogen) atoms. The number of hydrogen-bond acceptors (Lipinski definition) is 4. The van der Waals surface area contributed by atoms with Crippen LogP contribution >= 0.6 is 0 Å². The molecule has 0 unspecified atom stereocenters. The first-order valence-corrected chi connectivity index (χ1v) is 7.33. The molecule has 0 radical (unpaired) electrons. The second-order valence-corrected chi connectivity index (χ2v) is 5.79. The summed E-state index contributed by atoms with van der Waals surface area (Å²) >= 11 is 0. The molecule has 0 spiro atoms. The number of benzene rings is 1. The quantitative estimate of drug-likeness (QED) is 0.869. The molecule has 0 aliphatic rings. The van der Waals surface area contributed by atoms with E-state index in [-0.39, 0.29) is 12.4 Å². The van der Waals surface area contributed by atoms with Crippen LogP contribution < -0.4 is 4.72 Å². The van der Waals surface area contributed by atoms with Crippen molar-refractivity contribution < 1.29 is 13.5 Å². The summed E-state index contributed by atoms with van der Waals surface area (Å²) in [6, 6.07) is 9.97. The highest BCUT2D eigenvalue weighted by atomic mass is 32.2. The minimum atomic E-state index is -3.45. The summed E-state index contributed by atoms with van der Waals surface area (Å²) in [5, 5.41) is 8.92. The summed E-state index contributed by atoms with van der Waals surface area (Å²) in [5.41, 5.74) is 1.91. The van der Waals surface area contributed by atoms with E-state index in [1.807, 2.05) is 0 Å². The normalized spacial score (nSPS) is 11.2. The van der Waals surface area contributed by atoms with Crippen LogP contribution in [0.1, 0.15) is 11.1 Å². The Morgan fingerprint density at radius 3 is 2.16 bits per heavy atom. The van der Waals surface area contributed by atoms with Gasteiger partial charge in [-0.3, -0.25) is 9.71 Å². The van der Waals surface area contributed by atoms with Crippen LogP contribution in [0.15, 0.2) is 48.8 Å². The lowest BCUT2D eigenvalue weighted by Gasteiger charge is -2.08. The van der Waals surface area contributed by atoms with Gasteiger partial charge in [-0.25, -0.2) is 8.42 Å². The van der Waals surface area contributed by atoms with E-state index in [1.165, 1.54) is 12.4 Å². The van der Waals surface area contributed by atoms with Crippen LogP contribution in [0.5, 0.6) is 0 Å². The Hall–Kier alpha value is -1.92. The Kier molecular flexibility index (Phi) is 4.13. The highest BCUT2D eigenvalue weighted by Crippen LogP contribution is 2.12. The van der Waals surface area contributed by atoms with Crippen molar-refractivity contribution in [1.29, 1.82) is 0 Å². The Balaban J connectivity index is 2.08. The largest absolute Gasteiger partial charge is 0.392 e. The van der Waals surface area contributed by atoms with Crippen LogP contribution in [-0.4, -0.2) is 18.5 Å². The number of aromatic nitrogens is 1. The number of sulfonamides is 1. The number of pyridine rings is 1. The second kappa shape index (κ2) is 5.81. The molecule has 0 atom stereocenters. The van der Waals surface area contributed by atoms with Crippen LogP contribution in [0.3, 0.4) is 0 Å². The van der Waals surface area contributed by atoms with Crippen molar-refractivity contribution in [1.82, 2.24) is 4.98 Å². The zero-order valence-electron chi connectivity index (χ0n) is 10.2. The van der Waals surface area contributed by atoms with Crippen LogP contribution in [0.4, 0.5) is 5.69 Å². The SMILES string of the molecule is O=S(=O)(Cc1ccc(CO)cc1)Nc1ccncc1. The van der Waals surface area contributed by atoms with Crippen LogP contribution in [0.2, 0.25) is 0 Å². The van der Waals surface area contributed by atoms with Gasteiger partial charge in [0.2, 0.25) is 10.0 Å². The van der Waals surface area contributed by atoms with Crippen molar-refractivity contribution in [3.8, 4) is 0 Å². The molecule has 0 saturated heterocycles. The van der Waals surface area contributed by atoms with Gasteiger partial charge in [-0.15, -0.1) is 0 Å². The highest BCUT2D eigenvalue weighted by molar-refractivity contribution is 7.91. The summed E-state index contributed by atoms with van der Waals surface area (Å²) in [6.07, 6.45) is 3.04. The number of aliphatic hydroxyl groups is 1. The molecular formula is C13H14N2O3S. The first-order chi connectivity index (χ1) is 9.09. The molecule has 0 amide bonds. The highest BCUT2D eigenvalue weighted by Gasteiger charge is 2.11. The maximum absolute atomic E-state index is 11.9. The van der Waals surface area contributed by atoms with Crippen molar-refractivity contribution in [3.05, 3.63) is 59.9 Å². The molecule has 0 fully saturated rings. The molecule has 0 aliphatic carbocycles. The fraction of sp³-hybridized carbons (Fsp3) is 0.154. The molecule has 5 nitrogen and oxygen atoms in total. The van der Waals surface area contributed by atoms with Gasteiger partial charge < -0.3 is 5.11 Å². The van der Waals surface area contributed by atoms with Gasteiger partial charge in [-0.1, -0.05) is 24.3 Å². The average molecular weight is 278 g/mol. The van der Waals surface area contributed by atoms with Gasteiger partial charge in [0.05, 0.1) is 18.0 Å². The molecule has 1 aromatic heterocycles. The summed E-state index contributed by atoms with van der Waals surface area (Å²) in [6.45, 7) is -0.0533. The first-order valence-electron chi connectivity index (χ1n) is 5.68. The van der Waals surface area contributed by atoms with Crippen LogP contribution in [-0.2, 0) is 22.4 Å². The molecule has 2 rings (SSSR count). The van der Waals surface area contributed by atoms with E-state index in [0.29, 0.717) is 11.3 Å². The predicted molar refractivity (Wildman–Crippen MR) is 72.8 cm³/mol. The number of nitrogens with zero attached hydrogens (tertiary/aromatic N) is 1. The van der Waals surface area contributed by atoms with Gasteiger partial charge in [0.1, 0.15) is 0 Å². The predicted octanol–water partition coefficient (Wildman–Crippen LogP) is 1.52. The van der Waals surface area contributed by atoms with Gasteiger partial charge in [0, 0.05) is 12.4 Å². The summed E-state index contributed by atoms with van der Waals surface area (Å²) in [4.78, 5) is 3.82. The molecule has 100 valence electrons.